The lowest BCUT2D eigenvalue weighted by molar-refractivity contribution is 0.0693. The maximum absolute atomic E-state index is 10.7. The lowest BCUT2D eigenvalue weighted by Gasteiger charge is -2.06. The maximum atomic E-state index is 10.7. The number of anilines is 1. The van der Waals surface area contributed by atoms with Crippen LogP contribution >= 0.6 is 0 Å². The van der Waals surface area contributed by atoms with Crippen molar-refractivity contribution in [1.82, 2.24) is 0 Å². The number of aromatic carboxylic acids is 1. The van der Waals surface area contributed by atoms with Gasteiger partial charge in [-0.15, -0.1) is 0 Å². The average molecular weight is 183 g/mol. The SMILES string of the molecule is CNc1ccc(OC)c(C(=O)O)c1.[HH]. The Balaban J connectivity index is 0.00000169. The smallest absolute Gasteiger partial charge is 0.339 e. The Hall–Kier alpha value is -1.71. The Morgan fingerprint density at radius 2 is 2.31 bits per heavy atom. The van der Waals surface area contributed by atoms with Gasteiger partial charge in [-0.05, 0) is 18.2 Å². The van der Waals surface area contributed by atoms with Gasteiger partial charge >= 0.3 is 5.97 Å². The van der Waals surface area contributed by atoms with E-state index in [0.29, 0.717) is 5.75 Å². The van der Waals surface area contributed by atoms with Crippen molar-refractivity contribution in [1.29, 1.82) is 0 Å². The summed E-state index contributed by atoms with van der Waals surface area (Å²) in [5, 5.41) is 11.7. The average Bonchev–Trinajstić information content (AvgIpc) is 2.16. The minimum atomic E-state index is -0.992. The monoisotopic (exact) mass is 183 g/mol. The number of hydrogen-bond donors (Lipinski definition) is 2. The molecule has 2 N–H and O–H groups in total. The fraction of sp³-hybridized carbons (Fsp3) is 0.222. The van der Waals surface area contributed by atoms with E-state index < -0.39 is 5.97 Å². The second-order valence-corrected chi connectivity index (χ2v) is 2.47. The molecule has 0 heterocycles. The van der Waals surface area contributed by atoms with Gasteiger partial charge in [0.15, 0.2) is 0 Å². The molecule has 72 valence electrons. The van der Waals surface area contributed by atoms with E-state index in [1.54, 1.807) is 19.2 Å². The molecule has 1 rings (SSSR count). The van der Waals surface area contributed by atoms with E-state index in [4.69, 9.17) is 9.84 Å². The highest BCUT2D eigenvalue weighted by molar-refractivity contribution is 5.92. The van der Waals surface area contributed by atoms with Crippen LogP contribution in [0.5, 0.6) is 5.75 Å². The van der Waals surface area contributed by atoms with E-state index in [1.807, 2.05) is 0 Å². The molecule has 1 aromatic carbocycles. The molecule has 0 saturated carbocycles. The first-order chi connectivity index (χ1) is 6.19. The molecule has 0 aliphatic rings. The second kappa shape index (κ2) is 3.80. The molecule has 0 aromatic heterocycles. The molecule has 4 heteroatoms. The Morgan fingerprint density at radius 3 is 2.77 bits per heavy atom. The summed E-state index contributed by atoms with van der Waals surface area (Å²) in [6.45, 7) is 0. The van der Waals surface area contributed by atoms with Crippen LogP contribution in [0.2, 0.25) is 0 Å². The number of carboxylic acid groups (broad SMARTS) is 1. The summed E-state index contributed by atoms with van der Waals surface area (Å²) in [6.07, 6.45) is 0. The van der Waals surface area contributed by atoms with Crippen LogP contribution < -0.4 is 10.1 Å². The quantitative estimate of drug-likeness (QED) is 0.748. The second-order valence-electron chi connectivity index (χ2n) is 2.47. The normalized spacial score (nSPS) is 9.38. The fourth-order valence-corrected chi connectivity index (χ4v) is 1.03. The van der Waals surface area contributed by atoms with Gasteiger partial charge in [-0.3, -0.25) is 0 Å². The Kier molecular flexibility index (Phi) is 2.74. The summed E-state index contributed by atoms with van der Waals surface area (Å²) < 4.78 is 4.90. The van der Waals surface area contributed by atoms with Crippen LogP contribution in [0.1, 0.15) is 11.8 Å². The molecular formula is C9H13NO3. The van der Waals surface area contributed by atoms with Crippen LogP contribution in [0.25, 0.3) is 0 Å². The summed E-state index contributed by atoms with van der Waals surface area (Å²) >= 11 is 0. The van der Waals surface area contributed by atoms with E-state index in [2.05, 4.69) is 5.32 Å². The van der Waals surface area contributed by atoms with E-state index in [0.717, 1.165) is 5.69 Å². The highest BCUT2D eigenvalue weighted by Crippen LogP contribution is 2.21. The first-order valence-electron chi connectivity index (χ1n) is 3.78. The van der Waals surface area contributed by atoms with Crippen molar-refractivity contribution in [2.24, 2.45) is 0 Å². The van der Waals surface area contributed by atoms with Gasteiger partial charge in [-0.2, -0.15) is 0 Å². The van der Waals surface area contributed by atoms with Gasteiger partial charge in [-0.25, -0.2) is 4.79 Å². The van der Waals surface area contributed by atoms with Crippen LogP contribution in [0, 0.1) is 0 Å². The molecule has 0 aliphatic heterocycles. The number of nitrogens with one attached hydrogen (secondary N) is 1. The van der Waals surface area contributed by atoms with Gasteiger partial charge in [-0.1, -0.05) is 0 Å². The highest BCUT2D eigenvalue weighted by atomic mass is 16.5. The van der Waals surface area contributed by atoms with Gasteiger partial charge < -0.3 is 15.2 Å². The van der Waals surface area contributed by atoms with Gasteiger partial charge in [0.25, 0.3) is 0 Å². The summed E-state index contributed by atoms with van der Waals surface area (Å²) in [5.41, 5.74) is 0.910. The summed E-state index contributed by atoms with van der Waals surface area (Å²) in [4.78, 5) is 10.7. The predicted octanol–water partition coefficient (Wildman–Crippen LogP) is 1.68. The number of methoxy groups -OCH3 is 1. The minimum absolute atomic E-state index is 0. The molecule has 0 amide bonds. The van der Waals surface area contributed by atoms with Crippen LogP contribution in [0.3, 0.4) is 0 Å². The largest absolute Gasteiger partial charge is 0.496 e. The Bertz CT molecular complexity index is 328. The van der Waals surface area contributed by atoms with E-state index >= 15 is 0 Å². The standard InChI is InChI=1S/C9H11NO3.H2/c1-10-6-3-4-8(13-2)7(5-6)9(11)12;/h3-5,10H,1-2H3,(H,11,12);1H. The first-order valence-corrected chi connectivity index (χ1v) is 3.78. The molecule has 1 aromatic rings. The summed E-state index contributed by atoms with van der Waals surface area (Å²) in [5.74, 6) is -0.625. The minimum Gasteiger partial charge on any atom is -0.496 e. The molecule has 0 radical (unpaired) electrons. The van der Waals surface area contributed by atoms with Crippen LogP contribution in [-0.2, 0) is 0 Å². The number of carboxylic acids is 1. The molecule has 0 aliphatic carbocycles. The van der Waals surface area contributed by atoms with Gasteiger partial charge in [0.05, 0.1) is 7.11 Å². The van der Waals surface area contributed by atoms with Gasteiger partial charge in [0, 0.05) is 14.2 Å². The van der Waals surface area contributed by atoms with Crippen LogP contribution in [0.4, 0.5) is 5.69 Å². The zero-order chi connectivity index (χ0) is 9.84. The number of rotatable bonds is 3. The number of ether oxygens (including phenoxy) is 1. The van der Waals surface area contributed by atoms with E-state index in [1.165, 1.54) is 13.2 Å². The molecule has 0 atom stereocenters. The third-order valence-electron chi connectivity index (χ3n) is 1.72. The van der Waals surface area contributed by atoms with Crippen molar-refractivity contribution >= 4 is 11.7 Å². The van der Waals surface area contributed by atoms with E-state index in [9.17, 15) is 4.79 Å². The number of benzene rings is 1. The maximum Gasteiger partial charge on any atom is 0.339 e. The van der Waals surface area contributed by atoms with Crippen molar-refractivity contribution < 1.29 is 16.1 Å². The lowest BCUT2D eigenvalue weighted by Crippen LogP contribution is -2.01. The predicted molar refractivity (Wildman–Crippen MR) is 51.6 cm³/mol. The van der Waals surface area contributed by atoms with Crippen molar-refractivity contribution in [3.05, 3.63) is 23.8 Å². The van der Waals surface area contributed by atoms with Crippen molar-refractivity contribution in [2.75, 3.05) is 19.5 Å². The van der Waals surface area contributed by atoms with E-state index in [-0.39, 0.29) is 6.99 Å². The van der Waals surface area contributed by atoms with Crippen molar-refractivity contribution in [2.45, 2.75) is 0 Å². The van der Waals surface area contributed by atoms with Gasteiger partial charge in [0.1, 0.15) is 11.3 Å². The fourth-order valence-electron chi connectivity index (χ4n) is 1.03. The molecule has 0 bridgehead atoms. The third-order valence-corrected chi connectivity index (χ3v) is 1.72. The third kappa shape index (κ3) is 1.90. The zero-order valence-electron chi connectivity index (χ0n) is 7.50. The molecule has 0 unspecified atom stereocenters. The van der Waals surface area contributed by atoms with Crippen molar-refractivity contribution in [3.8, 4) is 5.75 Å². The summed E-state index contributed by atoms with van der Waals surface area (Å²) in [6, 6.07) is 4.90. The Morgan fingerprint density at radius 1 is 1.62 bits per heavy atom. The van der Waals surface area contributed by atoms with Crippen LogP contribution in [0.15, 0.2) is 18.2 Å². The summed E-state index contributed by atoms with van der Waals surface area (Å²) in [7, 11) is 3.17. The van der Waals surface area contributed by atoms with Gasteiger partial charge in [0.2, 0.25) is 0 Å². The first kappa shape index (κ1) is 9.38. The zero-order valence-corrected chi connectivity index (χ0v) is 7.50. The number of hydrogen-bond acceptors (Lipinski definition) is 3. The molecule has 13 heavy (non-hydrogen) atoms. The molecule has 4 nitrogen and oxygen atoms in total. The number of carbonyl (C=O) groups is 1. The topological polar surface area (TPSA) is 58.6 Å². The molecule has 0 spiro atoms. The molecule has 0 saturated heterocycles. The van der Waals surface area contributed by atoms with Crippen molar-refractivity contribution in [3.63, 3.8) is 0 Å². The van der Waals surface area contributed by atoms with Crippen LogP contribution in [-0.4, -0.2) is 25.2 Å². The lowest BCUT2D eigenvalue weighted by atomic mass is 10.2. The molecular weight excluding hydrogens is 170 g/mol. The molecule has 0 fully saturated rings. The highest BCUT2D eigenvalue weighted by Gasteiger charge is 2.10. The Labute approximate surface area is 77.6 Å².